The van der Waals surface area contributed by atoms with Gasteiger partial charge in [0.2, 0.25) is 0 Å². The molecule has 0 radical (unpaired) electrons. The van der Waals surface area contributed by atoms with Gasteiger partial charge in [0.1, 0.15) is 12.4 Å². The molecule has 3 heterocycles. The molecule has 2 amide bonds. The number of hydrogen-bond donors (Lipinski definition) is 0. The maximum Gasteiger partial charge on any atom is 0.320 e. The van der Waals surface area contributed by atoms with Crippen LogP contribution in [-0.4, -0.2) is 65.0 Å². The van der Waals surface area contributed by atoms with Gasteiger partial charge in [-0.05, 0) is 23.3 Å². The van der Waals surface area contributed by atoms with Crippen molar-refractivity contribution >= 4 is 6.03 Å². The van der Waals surface area contributed by atoms with Crippen LogP contribution >= 0.6 is 0 Å². The highest BCUT2D eigenvalue weighted by atomic mass is 16.5. The lowest BCUT2D eigenvalue weighted by atomic mass is 9.93. The van der Waals surface area contributed by atoms with E-state index in [1.54, 1.807) is 11.1 Å². The summed E-state index contributed by atoms with van der Waals surface area (Å²) in [6.07, 6.45) is 3.71. The molecule has 1 atom stereocenters. The quantitative estimate of drug-likeness (QED) is 0.634. The molecule has 0 N–H and O–H groups in total. The molecule has 0 spiro atoms. The minimum Gasteiger partial charge on any atom is -0.491 e. The first-order chi connectivity index (χ1) is 15.7. The van der Waals surface area contributed by atoms with Gasteiger partial charge in [0.25, 0.3) is 0 Å². The van der Waals surface area contributed by atoms with E-state index >= 15 is 0 Å². The number of carbonyl (C=O) groups is 1. The summed E-state index contributed by atoms with van der Waals surface area (Å²) in [7, 11) is 1.86. The smallest absolute Gasteiger partial charge is 0.320 e. The highest BCUT2D eigenvalue weighted by Gasteiger charge is 2.41. The van der Waals surface area contributed by atoms with Crippen molar-refractivity contribution in [2.45, 2.75) is 18.6 Å². The Morgan fingerprint density at radius 3 is 2.56 bits per heavy atom. The fourth-order valence-electron chi connectivity index (χ4n) is 4.62. The number of amides is 2. The van der Waals surface area contributed by atoms with Crippen LogP contribution in [0.5, 0.6) is 5.75 Å². The largest absolute Gasteiger partial charge is 0.491 e. The van der Waals surface area contributed by atoms with E-state index in [0.717, 1.165) is 36.5 Å². The van der Waals surface area contributed by atoms with Crippen LogP contribution in [0.15, 0.2) is 79.1 Å². The molecule has 0 saturated carbocycles. The Hall–Kier alpha value is -3.38. The molecule has 2 aliphatic rings. The lowest BCUT2D eigenvalue weighted by molar-refractivity contribution is 0.0255. The average Bonchev–Trinajstić information content (AvgIpc) is 2.85. The van der Waals surface area contributed by atoms with Gasteiger partial charge in [-0.25, -0.2) is 4.79 Å². The average molecular weight is 429 g/mol. The minimum absolute atomic E-state index is 0.0465. The van der Waals surface area contributed by atoms with Crippen molar-refractivity contribution in [3.63, 3.8) is 0 Å². The second kappa shape index (κ2) is 9.01. The van der Waals surface area contributed by atoms with Crippen LogP contribution in [0.2, 0.25) is 0 Å². The number of ether oxygens (including phenoxy) is 1. The van der Waals surface area contributed by atoms with Gasteiger partial charge in [-0.2, -0.15) is 0 Å². The van der Waals surface area contributed by atoms with Crippen LogP contribution in [-0.2, 0) is 6.54 Å². The van der Waals surface area contributed by atoms with Crippen molar-refractivity contribution in [2.75, 3.05) is 33.3 Å². The SMILES string of the molecule is CN1CCOc2ccccc2C(c2ccccc2)N(C2CN(Cc3cccnc3)C2)C1=O. The fraction of sp³-hybridized carbons (Fsp3) is 0.308. The first kappa shape index (κ1) is 20.5. The summed E-state index contributed by atoms with van der Waals surface area (Å²) >= 11 is 0. The molecule has 1 saturated heterocycles. The number of likely N-dealkylation sites (tertiary alicyclic amines) is 1. The van der Waals surface area contributed by atoms with Gasteiger partial charge in [-0.3, -0.25) is 9.88 Å². The minimum atomic E-state index is -0.203. The first-order valence-electron chi connectivity index (χ1n) is 11.1. The van der Waals surface area contributed by atoms with Crippen LogP contribution in [0.4, 0.5) is 4.79 Å². The highest BCUT2D eigenvalue weighted by molar-refractivity contribution is 5.76. The van der Waals surface area contributed by atoms with Crippen molar-refractivity contribution in [1.29, 1.82) is 0 Å². The molecule has 6 nitrogen and oxygen atoms in total. The third kappa shape index (κ3) is 4.06. The van der Waals surface area contributed by atoms with Gasteiger partial charge >= 0.3 is 6.03 Å². The summed E-state index contributed by atoms with van der Waals surface area (Å²) in [6.45, 7) is 3.54. The maximum absolute atomic E-state index is 13.7. The van der Waals surface area contributed by atoms with E-state index in [1.165, 1.54) is 5.56 Å². The van der Waals surface area contributed by atoms with Crippen molar-refractivity contribution in [3.05, 3.63) is 95.8 Å². The van der Waals surface area contributed by atoms with Crippen LogP contribution < -0.4 is 4.74 Å². The zero-order chi connectivity index (χ0) is 21.9. The van der Waals surface area contributed by atoms with E-state index in [1.807, 2.05) is 55.7 Å². The van der Waals surface area contributed by atoms with Crippen LogP contribution in [0.25, 0.3) is 0 Å². The van der Waals surface area contributed by atoms with E-state index in [9.17, 15) is 4.79 Å². The van der Waals surface area contributed by atoms with E-state index in [2.05, 4.69) is 39.0 Å². The van der Waals surface area contributed by atoms with Crippen molar-refractivity contribution in [3.8, 4) is 5.75 Å². The predicted octanol–water partition coefficient (Wildman–Crippen LogP) is 3.80. The summed E-state index contributed by atoms with van der Waals surface area (Å²) in [4.78, 5) is 24.2. The number of carbonyl (C=O) groups excluding carboxylic acids is 1. The third-order valence-electron chi connectivity index (χ3n) is 6.30. The number of para-hydroxylation sites is 1. The number of fused-ring (bicyclic) bond motifs is 1. The molecule has 2 aliphatic heterocycles. The Kier molecular flexibility index (Phi) is 5.77. The monoisotopic (exact) mass is 428 g/mol. The standard InChI is InChI=1S/C26H28N4O2/c1-28-14-15-32-24-12-6-5-11-23(24)25(21-9-3-2-4-10-21)30(26(28)31)22-18-29(19-22)17-20-8-7-13-27-16-20/h2-13,16,22,25H,14-15,17-19H2,1H3. The zero-order valence-electron chi connectivity index (χ0n) is 18.3. The molecular weight excluding hydrogens is 400 g/mol. The lowest BCUT2D eigenvalue weighted by Gasteiger charge is -2.49. The molecule has 1 unspecified atom stereocenters. The van der Waals surface area contributed by atoms with Gasteiger partial charge in [0.05, 0.1) is 18.6 Å². The van der Waals surface area contributed by atoms with Gasteiger partial charge in [-0.1, -0.05) is 54.6 Å². The van der Waals surface area contributed by atoms with E-state index in [0.29, 0.717) is 13.2 Å². The summed E-state index contributed by atoms with van der Waals surface area (Å²) < 4.78 is 6.12. The summed E-state index contributed by atoms with van der Waals surface area (Å²) in [5.41, 5.74) is 3.32. The third-order valence-corrected chi connectivity index (χ3v) is 6.30. The summed E-state index contributed by atoms with van der Waals surface area (Å²) in [5, 5.41) is 0. The highest BCUT2D eigenvalue weighted by Crippen LogP contribution is 2.39. The molecule has 3 aromatic rings. The van der Waals surface area contributed by atoms with Gasteiger partial charge in [0, 0.05) is 44.6 Å². The van der Waals surface area contributed by atoms with E-state index in [4.69, 9.17) is 4.74 Å². The molecule has 6 heteroatoms. The Balaban J connectivity index is 1.49. The topological polar surface area (TPSA) is 48.9 Å². The Labute approximate surface area is 189 Å². The zero-order valence-corrected chi connectivity index (χ0v) is 18.3. The molecule has 32 heavy (non-hydrogen) atoms. The molecular formula is C26H28N4O2. The second-order valence-electron chi connectivity index (χ2n) is 8.52. The van der Waals surface area contributed by atoms with Crippen LogP contribution in [0, 0.1) is 0 Å². The summed E-state index contributed by atoms with van der Waals surface area (Å²) in [5.74, 6) is 0.848. The van der Waals surface area contributed by atoms with Crippen molar-refractivity contribution in [1.82, 2.24) is 19.7 Å². The number of likely N-dealkylation sites (N-methyl/N-ethyl adjacent to an activating group) is 1. The second-order valence-corrected chi connectivity index (χ2v) is 8.52. The fourth-order valence-corrected chi connectivity index (χ4v) is 4.62. The molecule has 164 valence electrons. The molecule has 1 fully saturated rings. The van der Waals surface area contributed by atoms with E-state index in [-0.39, 0.29) is 18.1 Å². The number of benzene rings is 2. The van der Waals surface area contributed by atoms with Crippen molar-refractivity contribution in [2.24, 2.45) is 0 Å². The first-order valence-corrected chi connectivity index (χ1v) is 11.1. The van der Waals surface area contributed by atoms with Crippen LogP contribution in [0.3, 0.4) is 0 Å². The number of nitrogens with zero attached hydrogens (tertiary/aromatic N) is 4. The van der Waals surface area contributed by atoms with Gasteiger partial charge in [0.15, 0.2) is 0 Å². The molecule has 5 rings (SSSR count). The Bertz CT molecular complexity index is 1050. The number of hydrogen-bond acceptors (Lipinski definition) is 4. The maximum atomic E-state index is 13.7. The van der Waals surface area contributed by atoms with Crippen molar-refractivity contribution < 1.29 is 9.53 Å². The Morgan fingerprint density at radius 1 is 1.00 bits per heavy atom. The molecule has 0 aliphatic carbocycles. The number of aromatic nitrogens is 1. The molecule has 1 aromatic heterocycles. The molecule has 0 bridgehead atoms. The molecule has 2 aromatic carbocycles. The number of rotatable bonds is 4. The van der Waals surface area contributed by atoms with E-state index < -0.39 is 0 Å². The number of urea groups is 1. The number of pyridine rings is 1. The van der Waals surface area contributed by atoms with Gasteiger partial charge in [-0.15, -0.1) is 0 Å². The Morgan fingerprint density at radius 2 is 1.78 bits per heavy atom. The normalized spacial score (nSPS) is 19.9. The predicted molar refractivity (Wildman–Crippen MR) is 123 cm³/mol. The van der Waals surface area contributed by atoms with Crippen LogP contribution in [0.1, 0.15) is 22.7 Å². The lowest BCUT2D eigenvalue weighted by Crippen LogP contribution is -2.62. The summed E-state index contributed by atoms with van der Waals surface area (Å²) in [6, 6.07) is 22.4. The van der Waals surface area contributed by atoms with Gasteiger partial charge < -0.3 is 14.5 Å².